The molecule has 1 fully saturated rings. The van der Waals surface area contributed by atoms with Gasteiger partial charge in [-0.15, -0.1) is 6.58 Å². The van der Waals surface area contributed by atoms with Gasteiger partial charge < -0.3 is 20.5 Å². The number of carbonyl (C=O) groups excluding carboxylic acids is 1. The molecule has 31 heavy (non-hydrogen) atoms. The van der Waals surface area contributed by atoms with E-state index < -0.39 is 5.82 Å². The first kappa shape index (κ1) is 21.0. The molecule has 4 heterocycles. The molecule has 2 amide bonds. The average Bonchev–Trinajstić information content (AvgIpc) is 3.20. The molecule has 0 radical (unpaired) electrons. The number of halogens is 2. The number of anilines is 1. The Morgan fingerprint density at radius 1 is 1.42 bits per heavy atom. The summed E-state index contributed by atoms with van der Waals surface area (Å²) in [7, 11) is 0. The average molecular weight is 444 g/mol. The number of carbonyl (C=O) groups is 1. The van der Waals surface area contributed by atoms with Crippen molar-refractivity contribution in [2.75, 3.05) is 31.5 Å². The molecule has 1 atom stereocenters. The maximum atomic E-state index is 14.4. The third kappa shape index (κ3) is 4.77. The van der Waals surface area contributed by atoms with Crippen LogP contribution in [0.3, 0.4) is 0 Å². The molecule has 3 aromatic heterocycles. The molecular weight excluding hydrogens is 421 g/mol. The number of nitrogens with one attached hydrogen (secondary N) is 3. The molecule has 3 N–H and O–H groups in total. The number of rotatable bonds is 6. The molecule has 8 nitrogen and oxygen atoms in total. The SMILES string of the molecule is C=CCNC(=O)N1CCC[C@@H](CNc2nc(-c3c[nH]c4ncc(Cl)cc34)ncc2F)C1. The zero-order valence-corrected chi connectivity index (χ0v) is 17.6. The molecule has 162 valence electrons. The van der Waals surface area contributed by atoms with Gasteiger partial charge in [0, 0.05) is 49.5 Å². The first-order chi connectivity index (χ1) is 15.0. The lowest BCUT2D eigenvalue weighted by Gasteiger charge is -2.32. The predicted octanol–water partition coefficient (Wildman–Crippen LogP) is 3.83. The summed E-state index contributed by atoms with van der Waals surface area (Å²) in [6.07, 6.45) is 7.92. The highest BCUT2D eigenvalue weighted by atomic mass is 35.5. The molecule has 10 heteroatoms. The molecule has 3 aromatic rings. The molecule has 4 rings (SSSR count). The van der Waals surface area contributed by atoms with Crippen molar-refractivity contribution >= 4 is 34.5 Å². The first-order valence-electron chi connectivity index (χ1n) is 10.1. The van der Waals surface area contributed by atoms with Crippen molar-refractivity contribution in [3.05, 3.63) is 48.2 Å². The summed E-state index contributed by atoms with van der Waals surface area (Å²) >= 11 is 6.06. The Balaban J connectivity index is 1.46. The van der Waals surface area contributed by atoms with E-state index in [2.05, 4.69) is 37.1 Å². The van der Waals surface area contributed by atoms with E-state index in [1.165, 1.54) is 0 Å². The Kier molecular flexibility index (Phi) is 6.31. The minimum Gasteiger partial charge on any atom is -0.367 e. The fraction of sp³-hybridized carbons (Fsp3) is 0.333. The number of fused-ring (bicyclic) bond motifs is 1. The summed E-state index contributed by atoms with van der Waals surface area (Å²) in [6.45, 7) is 5.85. The standard InChI is InChI=1S/C21H23ClFN7O/c1-2-5-24-21(31)30-6-3-4-13(12-30)8-25-20-17(23)11-28-19(29-20)16-10-27-18-15(16)7-14(22)9-26-18/h2,7,9-11,13H,1,3-6,8,12H2,(H,24,31)(H,26,27)(H,25,28,29)/t13-/m0/s1. The fourth-order valence-electron chi connectivity index (χ4n) is 3.71. The van der Waals surface area contributed by atoms with Crippen molar-refractivity contribution in [2.45, 2.75) is 12.8 Å². The van der Waals surface area contributed by atoms with Crippen LogP contribution in [0, 0.1) is 11.7 Å². The van der Waals surface area contributed by atoms with E-state index in [0.29, 0.717) is 48.2 Å². The van der Waals surface area contributed by atoms with Crippen LogP contribution in [0.15, 0.2) is 37.3 Å². The van der Waals surface area contributed by atoms with Crippen molar-refractivity contribution in [1.29, 1.82) is 0 Å². The van der Waals surface area contributed by atoms with Crippen LogP contribution in [0.4, 0.5) is 15.0 Å². The van der Waals surface area contributed by atoms with Crippen molar-refractivity contribution in [1.82, 2.24) is 30.2 Å². The maximum Gasteiger partial charge on any atom is 0.317 e. The van der Waals surface area contributed by atoms with E-state index in [0.717, 1.165) is 24.4 Å². The van der Waals surface area contributed by atoms with Gasteiger partial charge in [-0.3, -0.25) is 0 Å². The second-order valence-electron chi connectivity index (χ2n) is 7.45. The van der Waals surface area contributed by atoms with E-state index in [-0.39, 0.29) is 17.8 Å². The summed E-state index contributed by atoms with van der Waals surface area (Å²) < 4.78 is 14.4. The first-order valence-corrected chi connectivity index (χ1v) is 10.5. The molecular formula is C21H23ClFN7O. The quantitative estimate of drug-likeness (QED) is 0.503. The Morgan fingerprint density at radius 3 is 3.13 bits per heavy atom. The topological polar surface area (TPSA) is 98.8 Å². The van der Waals surface area contributed by atoms with Gasteiger partial charge in [-0.05, 0) is 24.8 Å². The Hall–Kier alpha value is -3.20. The zero-order chi connectivity index (χ0) is 21.8. The van der Waals surface area contributed by atoms with Gasteiger partial charge in [-0.25, -0.2) is 24.1 Å². The highest BCUT2D eigenvalue weighted by Crippen LogP contribution is 2.28. The van der Waals surface area contributed by atoms with Crippen LogP contribution in [-0.2, 0) is 0 Å². The number of hydrogen-bond donors (Lipinski definition) is 3. The maximum absolute atomic E-state index is 14.4. The van der Waals surface area contributed by atoms with Crippen LogP contribution in [0.5, 0.6) is 0 Å². The summed E-state index contributed by atoms with van der Waals surface area (Å²) in [6, 6.07) is 1.66. The van der Waals surface area contributed by atoms with Crippen LogP contribution >= 0.6 is 11.6 Å². The normalized spacial score (nSPS) is 16.3. The molecule has 1 aliphatic rings. The number of piperidine rings is 1. The lowest BCUT2D eigenvalue weighted by Crippen LogP contribution is -2.46. The molecule has 0 spiro atoms. The van der Waals surface area contributed by atoms with Crippen LogP contribution in [0.2, 0.25) is 5.02 Å². The minimum atomic E-state index is -0.531. The number of nitrogens with zero attached hydrogens (tertiary/aromatic N) is 4. The van der Waals surface area contributed by atoms with Gasteiger partial charge in [-0.1, -0.05) is 17.7 Å². The van der Waals surface area contributed by atoms with Crippen molar-refractivity contribution in [3.63, 3.8) is 0 Å². The highest BCUT2D eigenvalue weighted by Gasteiger charge is 2.24. The number of aromatic amines is 1. The van der Waals surface area contributed by atoms with E-state index in [9.17, 15) is 9.18 Å². The zero-order valence-electron chi connectivity index (χ0n) is 16.9. The van der Waals surface area contributed by atoms with Crippen molar-refractivity contribution < 1.29 is 9.18 Å². The summed E-state index contributed by atoms with van der Waals surface area (Å²) in [4.78, 5) is 29.8. The molecule has 0 bridgehead atoms. The van der Waals surface area contributed by atoms with Gasteiger partial charge in [0.2, 0.25) is 0 Å². The Labute approximate surface area is 183 Å². The summed E-state index contributed by atoms with van der Waals surface area (Å²) in [5.74, 6) is 0.157. The van der Waals surface area contributed by atoms with Crippen LogP contribution in [0.25, 0.3) is 22.4 Å². The molecule has 1 aliphatic heterocycles. The van der Waals surface area contributed by atoms with E-state index in [1.54, 1.807) is 29.4 Å². The largest absolute Gasteiger partial charge is 0.367 e. The number of amides is 2. The van der Waals surface area contributed by atoms with Gasteiger partial charge in [0.05, 0.1) is 11.2 Å². The van der Waals surface area contributed by atoms with Gasteiger partial charge >= 0.3 is 6.03 Å². The van der Waals surface area contributed by atoms with E-state index >= 15 is 0 Å². The van der Waals surface area contributed by atoms with Gasteiger partial charge in [0.1, 0.15) is 5.65 Å². The van der Waals surface area contributed by atoms with Crippen LogP contribution in [-0.4, -0.2) is 57.0 Å². The summed E-state index contributed by atoms with van der Waals surface area (Å²) in [5, 5.41) is 7.15. The highest BCUT2D eigenvalue weighted by molar-refractivity contribution is 6.31. The molecule has 1 saturated heterocycles. The second kappa shape index (κ2) is 9.30. The van der Waals surface area contributed by atoms with Crippen molar-refractivity contribution in [3.8, 4) is 11.4 Å². The van der Waals surface area contributed by atoms with Gasteiger partial charge in [-0.2, -0.15) is 0 Å². The number of aromatic nitrogens is 4. The number of hydrogen-bond acceptors (Lipinski definition) is 5. The van der Waals surface area contributed by atoms with Crippen LogP contribution in [0.1, 0.15) is 12.8 Å². The smallest absolute Gasteiger partial charge is 0.317 e. The number of pyridine rings is 1. The number of urea groups is 1. The minimum absolute atomic E-state index is 0.105. The molecule has 0 saturated carbocycles. The lowest BCUT2D eigenvalue weighted by molar-refractivity contribution is 0.169. The van der Waals surface area contributed by atoms with E-state index in [1.807, 2.05) is 0 Å². The lowest BCUT2D eigenvalue weighted by atomic mass is 9.98. The fourth-order valence-corrected chi connectivity index (χ4v) is 3.87. The Morgan fingerprint density at radius 2 is 2.29 bits per heavy atom. The van der Waals surface area contributed by atoms with Crippen molar-refractivity contribution in [2.24, 2.45) is 5.92 Å². The summed E-state index contributed by atoms with van der Waals surface area (Å²) in [5.41, 5.74) is 1.34. The monoisotopic (exact) mass is 443 g/mol. The van der Waals surface area contributed by atoms with Crippen LogP contribution < -0.4 is 10.6 Å². The molecule has 0 aliphatic carbocycles. The van der Waals surface area contributed by atoms with Gasteiger partial charge in [0.15, 0.2) is 17.5 Å². The number of H-pyrrole nitrogens is 1. The third-order valence-corrected chi connectivity index (χ3v) is 5.45. The predicted molar refractivity (Wildman–Crippen MR) is 118 cm³/mol. The van der Waals surface area contributed by atoms with E-state index in [4.69, 9.17) is 11.6 Å². The van der Waals surface area contributed by atoms with Gasteiger partial charge in [0.25, 0.3) is 0 Å². The molecule has 0 unspecified atom stereocenters. The second-order valence-corrected chi connectivity index (χ2v) is 7.89. The Bertz CT molecular complexity index is 1100. The number of likely N-dealkylation sites (tertiary alicyclic amines) is 1. The third-order valence-electron chi connectivity index (χ3n) is 5.24. The molecule has 0 aromatic carbocycles.